The quantitative estimate of drug-likeness (QED) is 0.885. The second-order valence-corrected chi connectivity index (χ2v) is 4.04. The fourth-order valence-electron chi connectivity index (χ4n) is 1.79. The third-order valence-electron chi connectivity index (χ3n) is 2.82. The summed E-state index contributed by atoms with van der Waals surface area (Å²) in [7, 11) is 1.58. The maximum Gasteiger partial charge on any atom is 0.335 e. The molecule has 4 nitrogen and oxygen atoms in total. The average molecular weight is 255 g/mol. The van der Waals surface area contributed by atoms with Crippen LogP contribution < -0.4 is 5.32 Å². The minimum absolute atomic E-state index is 0.149. The topological polar surface area (TPSA) is 66.4 Å². The minimum atomic E-state index is -0.953. The van der Waals surface area contributed by atoms with Crippen molar-refractivity contribution in [2.45, 2.75) is 0 Å². The predicted molar refractivity (Wildman–Crippen MR) is 72.2 cm³/mol. The summed E-state index contributed by atoms with van der Waals surface area (Å²) in [6.07, 6.45) is 0. The van der Waals surface area contributed by atoms with E-state index in [1.165, 1.54) is 0 Å². The maximum atomic E-state index is 11.6. The molecule has 0 aliphatic rings. The Hall–Kier alpha value is -2.62. The first-order valence-electron chi connectivity index (χ1n) is 5.77. The highest BCUT2D eigenvalue weighted by molar-refractivity contribution is 5.95. The first kappa shape index (κ1) is 12.8. The number of hydrogen-bond donors (Lipinski definition) is 2. The van der Waals surface area contributed by atoms with Gasteiger partial charge in [-0.15, -0.1) is 0 Å². The number of carboxylic acids is 1. The molecule has 0 bridgehead atoms. The van der Waals surface area contributed by atoms with E-state index in [2.05, 4.69) is 5.32 Å². The molecule has 2 aromatic rings. The Balaban J connectivity index is 2.36. The fraction of sp³-hybridized carbons (Fsp3) is 0.0667. The van der Waals surface area contributed by atoms with Crippen LogP contribution in [0.5, 0.6) is 0 Å². The number of hydrogen-bond acceptors (Lipinski definition) is 2. The molecule has 0 atom stereocenters. The second kappa shape index (κ2) is 5.35. The van der Waals surface area contributed by atoms with E-state index in [-0.39, 0.29) is 11.5 Å². The van der Waals surface area contributed by atoms with Gasteiger partial charge in [-0.25, -0.2) is 4.79 Å². The minimum Gasteiger partial charge on any atom is -0.478 e. The van der Waals surface area contributed by atoms with Crippen molar-refractivity contribution in [3.05, 3.63) is 59.7 Å². The lowest BCUT2D eigenvalue weighted by Crippen LogP contribution is -2.17. The molecule has 0 saturated heterocycles. The lowest BCUT2D eigenvalue weighted by molar-refractivity contribution is 0.0696. The molecule has 2 rings (SSSR count). The molecule has 96 valence electrons. The molecular formula is C15H13NO3. The number of carbonyl (C=O) groups excluding carboxylic acids is 1. The van der Waals surface area contributed by atoms with Crippen molar-refractivity contribution in [3.63, 3.8) is 0 Å². The molecule has 0 heterocycles. The summed E-state index contributed by atoms with van der Waals surface area (Å²) >= 11 is 0. The van der Waals surface area contributed by atoms with Crippen LogP contribution in [0.15, 0.2) is 48.5 Å². The molecule has 2 aromatic carbocycles. The van der Waals surface area contributed by atoms with Crippen LogP contribution in [-0.4, -0.2) is 24.0 Å². The Morgan fingerprint density at radius 2 is 1.63 bits per heavy atom. The van der Waals surface area contributed by atoms with Crippen molar-refractivity contribution < 1.29 is 14.7 Å². The summed E-state index contributed by atoms with van der Waals surface area (Å²) in [4.78, 5) is 22.3. The Bertz CT molecular complexity index is 618. The standard InChI is InChI=1S/C15H13NO3/c1-16-14(17)13-4-2-3-12(9-13)10-5-7-11(8-6-10)15(18)19/h2-9H,1H3,(H,16,17)(H,18,19). The third-order valence-corrected chi connectivity index (χ3v) is 2.82. The SMILES string of the molecule is CNC(=O)c1cccc(-c2ccc(C(=O)O)cc2)c1. The number of benzene rings is 2. The zero-order valence-corrected chi connectivity index (χ0v) is 10.4. The summed E-state index contributed by atoms with van der Waals surface area (Å²) in [6, 6.07) is 13.7. The summed E-state index contributed by atoms with van der Waals surface area (Å²) in [5.74, 6) is -1.10. The van der Waals surface area contributed by atoms with Crippen LogP contribution in [0.25, 0.3) is 11.1 Å². The van der Waals surface area contributed by atoms with Gasteiger partial charge in [0.1, 0.15) is 0 Å². The molecule has 0 aliphatic carbocycles. The van der Waals surface area contributed by atoms with Gasteiger partial charge >= 0.3 is 5.97 Å². The molecule has 0 unspecified atom stereocenters. The van der Waals surface area contributed by atoms with Crippen molar-refractivity contribution in [2.24, 2.45) is 0 Å². The number of carbonyl (C=O) groups is 2. The van der Waals surface area contributed by atoms with Gasteiger partial charge in [0.05, 0.1) is 5.56 Å². The monoisotopic (exact) mass is 255 g/mol. The van der Waals surface area contributed by atoms with E-state index in [0.717, 1.165) is 11.1 Å². The number of nitrogens with one attached hydrogen (secondary N) is 1. The van der Waals surface area contributed by atoms with Crippen molar-refractivity contribution in [1.29, 1.82) is 0 Å². The highest BCUT2D eigenvalue weighted by Crippen LogP contribution is 2.21. The van der Waals surface area contributed by atoms with Gasteiger partial charge in [0.15, 0.2) is 0 Å². The van der Waals surface area contributed by atoms with Gasteiger partial charge in [-0.3, -0.25) is 4.79 Å². The molecule has 0 radical (unpaired) electrons. The first-order chi connectivity index (χ1) is 9.11. The number of rotatable bonds is 3. The van der Waals surface area contributed by atoms with Crippen molar-refractivity contribution in [3.8, 4) is 11.1 Å². The maximum absolute atomic E-state index is 11.6. The smallest absolute Gasteiger partial charge is 0.335 e. The first-order valence-corrected chi connectivity index (χ1v) is 5.77. The van der Waals surface area contributed by atoms with Gasteiger partial charge in [0.2, 0.25) is 0 Å². The van der Waals surface area contributed by atoms with E-state index >= 15 is 0 Å². The molecule has 4 heteroatoms. The van der Waals surface area contributed by atoms with Gasteiger partial charge in [-0.2, -0.15) is 0 Å². The molecule has 0 aromatic heterocycles. The fourth-order valence-corrected chi connectivity index (χ4v) is 1.79. The van der Waals surface area contributed by atoms with Crippen LogP contribution in [-0.2, 0) is 0 Å². The summed E-state index contributed by atoms with van der Waals surface area (Å²) < 4.78 is 0. The van der Waals surface area contributed by atoms with Crippen molar-refractivity contribution in [1.82, 2.24) is 5.32 Å². The number of carboxylic acid groups (broad SMARTS) is 1. The Labute approximate surface area is 110 Å². The Morgan fingerprint density at radius 3 is 2.21 bits per heavy atom. The molecular weight excluding hydrogens is 242 g/mol. The zero-order valence-electron chi connectivity index (χ0n) is 10.4. The Kier molecular flexibility index (Phi) is 3.61. The van der Waals surface area contributed by atoms with E-state index in [9.17, 15) is 9.59 Å². The summed E-state index contributed by atoms with van der Waals surface area (Å²) in [6.45, 7) is 0. The van der Waals surface area contributed by atoms with E-state index in [0.29, 0.717) is 5.56 Å². The van der Waals surface area contributed by atoms with Gasteiger partial charge in [0.25, 0.3) is 5.91 Å². The molecule has 0 fully saturated rings. The molecule has 0 aliphatic heterocycles. The van der Waals surface area contributed by atoms with E-state index < -0.39 is 5.97 Å². The lowest BCUT2D eigenvalue weighted by atomic mass is 10.0. The van der Waals surface area contributed by atoms with Crippen molar-refractivity contribution >= 4 is 11.9 Å². The highest BCUT2D eigenvalue weighted by Gasteiger charge is 2.06. The van der Waals surface area contributed by atoms with E-state index in [1.54, 1.807) is 49.5 Å². The predicted octanol–water partition coefficient (Wildman–Crippen LogP) is 2.41. The van der Waals surface area contributed by atoms with Gasteiger partial charge in [-0.05, 0) is 35.4 Å². The third kappa shape index (κ3) is 2.80. The number of amides is 1. The zero-order chi connectivity index (χ0) is 13.8. The van der Waals surface area contributed by atoms with Gasteiger partial charge in [0, 0.05) is 12.6 Å². The van der Waals surface area contributed by atoms with Crippen molar-refractivity contribution in [2.75, 3.05) is 7.05 Å². The number of aromatic carboxylic acids is 1. The van der Waals surface area contributed by atoms with Crippen LogP contribution in [0.3, 0.4) is 0 Å². The van der Waals surface area contributed by atoms with Crippen LogP contribution in [0, 0.1) is 0 Å². The lowest BCUT2D eigenvalue weighted by Gasteiger charge is -2.05. The van der Waals surface area contributed by atoms with Gasteiger partial charge < -0.3 is 10.4 Å². The normalized spacial score (nSPS) is 9.95. The highest BCUT2D eigenvalue weighted by atomic mass is 16.4. The van der Waals surface area contributed by atoms with Gasteiger partial charge in [-0.1, -0.05) is 24.3 Å². The largest absolute Gasteiger partial charge is 0.478 e. The molecule has 2 N–H and O–H groups in total. The summed E-state index contributed by atoms with van der Waals surface area (Å²) in [5.41, 5.74) is 2.56. The van der Waals surface area contributed by atoms with Crippen LogP contribution >= 0.6 is 0 Å². The molecule has 19 heavy (non-hydrogen) atoms. The van der Waals surface area contributed by atoms with E-state index in [4.69, 9.17) is 5.11 Å². The summed E-state index contributed by atoms with van der Waals surface area (Å²) in [5, 5.41) is 11.4. The molecule has 0 spiro atoms. The van der Waals surface area contributed by atoms with Crippen LogP contribution in [0.1, 0.15) is 20.7 Å². The van der Waals surface area contributed by atoms with E-state index in [1.807, 2.05) is 6.07 Å². The average Bonchev–Trinajstić information content (AvgIpc) is 2.46. The van der Waals surface area contributed by atoms with Crippen LogP contribution in [0.2, 0.25) is 0 Å². The molecule has 1 amide bonds. The Morgan fingerprint density at radius 1 is 0.947 bits per heavy atom. The van der Waals surface area contributed by atoms with Crippen LogP contribution in [0.4, 0.5) is 0 Å². The second-order valence-electron chi connectivity index (χ2n) is 4.04. The molecule has 0 saturated carbocycles.